The van der Waals surface area contributed by atoms with Crippen molar-refractivity contribution in [2.75, 3.05) is 6.54 Å². The third-order valence-corrected chi connectivity index (χ3v) is 3.72. The maximum Gasteiger partial charge on any atom is 0.708 e. The van der Waals surface area contributed by atoms with E-state index in [4.69, 9.17) is 14.7 Å². The van der Waals surface area contributed by atoms with E-state index in [1.54, 1.807) is 6.07 Å². The summed E-state index contributed by atoms with van der Waals surface area (Å²) in [5.74, 6) is 0.727. The molecule has 1 aromatic heterocycles. The fraction of sp³-hybridized carbons (Fsp3) is 0.636. The molecule has 0 bridgehead atoms. The molecule has 0 aromatic carbocycles. The second kappa shape index (κ2) is 7.71. The van der Waals surface area contributed by atoms with Crippen molar-refractivity contribution in [2.24, 2.45) is 5.92 Å². The fourth-order valence-electron chi connectivity index (χ4n) is 1.60. The van der Waals surface area contributed by atoms with Crippen LogP contribution < -0.4 is 9.97 Å². The smallest absolute Gasteiger partial charge is 0.504 e. The van der Waals surface area contributed by atoms with Crippen LogP contribution >= 0.6 is 11.3 Å². The summed E-state index contributed by atoms with van der Waals surface area (Å²) in [6.07, 6.45) is 2.39. The largest absolute Gasteiger partial charge is 0.708 e. The van der Waals surface area contributed by atoms with Crippen LogP contribution in [0, 0.1) is 5.92 Å². The molecule has 0 amide bonds. The van der Waals surface area contributed by atoms with Gasteiger partial charge in [-0.25, -0.2) is 0 Å². The molecule has 3 N–H and O–H groups in total. The summed E-state index contributed by atoms with van der Waals surface area (Å²) in [6, 6.07) is 3.68. The molecule has 96 valence electrons. The van der Waals surface area contributed by atoms with E-state index < -0.39 is 7.32 Å². The van der Waals surface area contributed by atoms with Crippen LogP contribution in [0.2, 0.25) is 0 Å². The predicted octanol–water partition coefficient (Wildman–Crippen LogP) is 1.62. The highest BCUT2D eigenvalue weighted by Gasteiger charge is 2.12. The lowest BCUT2D eigenvalue weighted by molar-refractivity contribution is 0.292. The zero-order chi connectivity index (χ0) is 12.7. The first-order valence-corrected chi connectivity index (χ1v) is 6.79. The zero-order valence-corrected chi connectivity index (χ0v) is 11.2. The van der Waals surface area contributed by atoms with Crippen LogP contribution in [0.1, 0.15) is 31.6 Å². The Bertz CT molecular complexity index is 315. The molecule has 1 aromatic rings. The lowest BCUT2D eigenvalue weighted by Crippen LogP contribution is -2.21. The highest BCUT2D eigenvalue weighted by Crippen LogP contribution is 2.24. The first-order chi connectivity index (χ1) is 8.15. The molecule has 0 unspecified atom stereocenters. The van der Waals surface area contributed by atoms with Crippen molar-refractivity contribution in [3.8, 4) is 5.06 Å². The maximum absolute atomic E-state index is 8.65. The van der Waals surface area contributed by atoms with Gasteiger partial charge in [-0.15, -0.1) is 11.3 Å². The Kier molecular flexibility index (Phi) is 6.58. The summed E-state index contributed by atoms with van der Waals surface area (Å²) in [5.41, 5.74) is 0. The van der Waals surface area contributed by atoms with Crippen molar-refractivity contribution in [3.63, 3.8) is 0 Å². The van der Waals surface area contributed by atoms with Crippen LogP contribution in [0.15, 0.2) is 12.1 Å². The van der Waals surface area contributed by atoms with E-state index in [0.29, 0.717) is 5.06 Å². The molecular weight excluding hydrogens is 237 g/mol. The molecule has 0 aliphatic rings. The van der Waals surface area contributed by atoms with Gasteiger partial charge in [0.25, 0.3) is 0 Å². The Labute approximate surface area is 107 Å². The Morgan fingerprint density at radius 1 is 1.35 bits per heavy atom. The predicted molar refractivity (Wildman–Crippen MR) is 70.9 cm³/mol. The van der Waals surface area contributed by atoms with Gasteiger partial charge in [0.15, 0.2) is 5.06 Å². The average Bonchev–Trinajstić information content (AvgIpc) is 2.71. The van der Waals surface area contributed by atoms with Crippen molar-refractivity contribution in [1.82, 2.24) is 5.32 Å². The van der Waals surface area contributed by atoms with E-state index in [1.807, 2.05) is 6.07 Å². The molecule has 0 fully saturated rings. The molecule has 0 radical (unpaired) electrons. The standard InChI is InChI=1S/C11H20BNO3S/c1-3-9(4-2)7-13-8-10-5-6-11(17-10)16-12(14)15/h5-6,9,13-15H,3-4,7-8H2,1-2H3. The maximum atomic E-state index is 8.65. The first-order valence-electron chi connectivity index (χ1n) is 5.97. The molecule has 0 spiro atoms. The van der Waals surface area contributed by atoms with Gasteiger partial charge in [0.1, 0.15) is 0 Å². The number of nitrogens with one attached hydrogen (secondary N) is 1. The molecular formula is C11H20BNO3S. The van der Waals surface area contributed by atoms with Crippen molar-refractivity contribution in [3.05, 3.63) is 17.0 Å². The van der Waals surface area contributed by atoms with Gasteiger partial charge >= 0.3 is 7.32 Å². The minimum Gasteiger partial charge on any atom is -0.504 e. The van der Waals surface area contributed by atoms with Crippen molar-refractivity contribution in [2.45, 2.75) is 33.2 Å². The van der Waals surface area contributed by atoms with Gasteiger partial charge in [-0.05, 0) is 24.6 Å². The van der Waals surface area contributed by atoms with Crippen LogP contribution in [0.25, 0.3) is 0 Å². The van der Waals surface area contributed by atoms with E-state index in [-0.39, 0.29) is 0 Å². The summed E-state index contributed by atoms with van der Waals surface area (Å²) < 4.78 is 4.77. The van der Waals surface area contributed by atoms with Crippen LogP contribution in [-0.2, 0) is 6.54 Å². The van der Waals surface area contributed by atoms with Crippen LogP contribution in [0.3, 0.4) is 0 Å². The van der Waals surface area contributed by atoms with Crippen molar-refractivity contribution in [1.29, 1.82) is 0 Å². The van der Waals surface area contributed by atoms with Crippen molar-refractivity contribution >= 4 is 18.7 Å². The first kappa shape index (κ1) is 14.5. The minimum absolute atomic E-state index is 0.527. The third-order valence-electron chi connectivity index (χ3n) is 2.75. The summed E-state index contributed by atoms with van der Waals surface area (Å²) in [7, 11) is -1.74. The Morgan fingerprint density at radius 3 is 2.65 bits per heavy atom. The highest BCUT2D eigenvalue weighted by atomic mass is 32.1. The van der Waals surface area contributed by atoms with E-state index in [0.717, 1.165) is 23.9 Å². The van der Waals surface area contributed by atoms with Crippen molar-refractivity contribution < 1.29 is 14.7 Å². The van der Waals surface area contributed by atoms with Gasteiger partial charge in [-0.2, -0.15) is 0 Å². The molecule has 0 aliphatic heterocycles. The monoisotopic (exact) mass is 257 g/mol. The van der Waals surface area contributed by atoms with Gasteiger partial charge in [0.05, 0.1) is 0 Å². The van der Waals surface area contributed by atoms with Gasteiger partial charge in [-0.1, -0.05) is 26.7 Å². The Morgan fingerprint density at radius 2 is 2.06 bits per heavy atom. The topological polar surface area (TPSA) is 61.7 Å². The van der Waals surface area contributed by atoms with Gasteiger partial charge in [0, 0.05) is 11.4 Å². The molecule has 0 aliphatic carbocycles. The molecule has 1 heterocycles. The highest BCUT2D eigenvalue weighted by molar-refractivity contribution is 7.14. The molecule has 0 saturated carbocycles. The number of hydrogen-bond acceptors (Lipinski definition) is 5. The number of thiophene rings is 1. The molecule has 0 atom stereocenters. The molecule has 4 nitrogen and oxygen atoms in total. The van der Waals surface area contributed by atoms with Gasteiger partial charge in [0.2, 0.25) is 0 Å². The van der Waals surface area contributed by atoms with Crippen LogP contribution in [-0.4, -0.2) is 23.9 Å². The molecule has 1 rings (SSSR count). The van der Waals surface area contributed by atoms with Crippen LogP contribution in [0.5, 0.6) is 5.06 Å². The SMILES string of the molecule is CCC(CC)CNCc1ccc(OB(O)O)s1. The van der Waals surface area contributed by atoms with E-state index in [1.165, 1.54) is 24.2 Å². The summed E-state index contributed by atoms with van der Waals surface area (Å²) in [4.78, 5) is 1.13. The number of hydrogen-bond donors (Lipinski definition) is 3. The minimum atomic E-state index is -1.74. The Balaban J connectivity index is 2.29. The second-order valence-electron chi connectivity index (χ2n) is 3.98. The quantitative estimate of drug-likeness (QED) is 0.619. The third kappa shape index (κ3) is 5.54. The molecule has 6 heteroatoms. The van der Waals surface area contributed by atoms with Gasteiger partial charge < -0.3 is 20.0 Å². The fourth-order valence-corrected chi connectivity index (χ4v) is 2.44. The lowest BCUT2D eigenvalue weighted by Gasteiger charge is -2.12. The van der Waals surface area contributed by atoms with Gasteiger partial charge in [-0.3, -0.25) is 0 Å². The summed E-state index contributed by atoms with van der Waals surface area (Å²) in [6.45, 7) is 6.22. The Hall–Kier alpha value is -0.555. The summed E-state index contributed by atoms with van der Waals surface area (Å²) >= 11 is 1.42. The zero-order valence-electron chi connectivity index (χ0n) is 10.3. The van der Waals surface area contributed by atoms with Crippen LogP contribution in [0.4, 0.5) is 0 Å². The molecule has 17 heavy (non-hydrogen) atoms. The van der Waals surface area contributed by atoms with E-state index in [2.05, 4.69) is 19.2 Å². The number of rotatable bonds is 8. The van der Waals surface area contributed by atoms with E-state index >= 15 is 0 Å². The average molecular weight is 257 g/mol. The normalized spacial score (nSPS) is 10.9. The summed E-state index contributed by atoms with van der Waals surface area (Å²) in [5, 5.41) is 21.2. The lowest BCUT2D eigenvalue weighted by atomic mass is 10.0. The second-order valence-corrected chi connectivity index (χ2v) is 5.11. The molecule has 0 saturated heterocycles. The van der Waals surface area contributed by atoms with E-state index in [9.17, 15) is 0 Å².